The van der Waals surface area contributed by atoms with E-state index in [1.54, 1.807) is 24.3 Å². The van der Waals surface area contributed by atoms with Gasteiger partial charge in [-0.05, 0) is 31.2 Å². The first-order valence-electron chi connectivity index (χ1n) is 9.04. The lowest BCUT2D eigenvalue weighted by atomic mass is 10.1. The number of nitrogens with zero attached hydrogens (tertiary/aromatic N) is 2. The summed E-state index contributed by atoms with van der Waals surface area (Å²) in [5.74, 6) is -2.72. The van der Waals surface area contributed by atoms with Gasteiger partial charge in [0.15, 0.2) is 12.0 Å². The highest BCUT2D eigenvalue weighted by molar-refractivity contribution is 5.97. The first-order chi connectivity index (χ1) is 14.4. The number of fused-ring (bicyclic) bond motifs is 1. The van der Waals surface area contributed by atoms with Crippen LogP contribution in [0.4, 0.5) is 10.1 Å². The number of aryl methyl sites for hydroxylation is 1. The molecule has 152 valence electrons. The molecule has 8 heteroatoms. The monoisotopic (exact) mass is 408 g/mol. The molecule has 7 nitrogen and oxygen atoms in total. The number of hydrogen-bond acceptors (Lipinski definition) is 6. The highest BCUT2D eigenvalue weighted by Crippen LogP contribution is 2.20. The molecule has 0 spiro atoms. The molecule has 0 fully saturated rings. The zero-order valence-corrected chi connectivity index (χ0v) is 16.1. The van der Waals surface area contributed by atoms with Crippen molar-refractivity contribution in [2.45, 2.75) is 13.3 Å². The normalized spacial score (nSPS) is 10.4. The fourth-order valence-corrected chi connectivity index (χ4v) is 2.86. The molecule has 3 aromatic rings. The zero-order chi connectivity index (χ0) is 21.7. The van der Waals surface area contributed by atoms with Gasteiger partial charge in [-0.3, -0.25) is 9.59 Å². The lowest BCUT2D eigenvalue weighted by Gasteiger charge is -2.22. The van der Waals surface area contributed by atoms with Crippen molar-refractivity contribution in [3.63, 3.8) is 0 Å². The van der Waals surface area contributed by atoms with E-state index in [-0.39, 0.29) is 30.0 Å². The first kappa shape index (κ1) is 20.7. The Morgan fingerprint density at radius 1 is 1.20 bits per heavy atom. The van der Waals surface area contributed by atoms with Crippen molar-refractivity contribution in [3.05, 3.63) is 75.9 Å². The van der Waals surface area contributed by atoms with E-state index in [2.05, 4.69) is 0 Å². The number of anilines is 1. The molecule has 0 unspecified atom stereocenters. The number of hydrogen-bond donors (Lipinski definition) is 0. The second-order valence-corrected chi connectivity index (χ2v) is 6.46. The minimum absolute atomic E-state index is 0.0265. The summed E-state index contributed by atoms with van der Waals surface area (Å²) < 4.78 is 24.5. The quantitative estimate of drug-likeness (QED) is 0.580. The van der Waals surface area contributed by atoms with Gasteiger partial charge in [0.25, 0.3) is 5.91 Å². The van der Waals surface area contributed by atoms with Gasteiger partial charge in [0.2, 0.25) is 5.76 Å². The molecule has 1 aromatic heterocycles. The maximum Gasteiger partial charge on any atom is 0.374 e. The molecule has 0 aliphatic carbocycles. The van der Waals surface area contributed by atoms with Crippen LogP contribution in [0.25, 0.3) is 11.0 Å². The van der Waals surface area contributed by atoms with Crippen LogP contribution in [0.1, 0.15) is 22.5 Å². The van der Waals surface area contributed by atoms with Crippen LogP contribution in [0.2, 0.25) is 0 Å². The van der Waals surface area contributed by atoms with Crippen molar-refractivity contribution in [2.75, 3.05) is 18.1 Å². The van der Waals surface area contributed by atoms with Gasteiger partial charge in [-0.25, -0.2) is 9.18 Å². The summed E-state index contributed by atoms with van der Waals surface area (Å²) >= 11 is 0. The Labute approximate surface area is 170 Å². The number of esters is 1. The van der Waals surface area contributed by atoms with E-state index in [0.29, 0.717) is 5.39 Å². The number of nitriles is 1. The molecule has 1 heterocycles. The molecular weight excluding hydrogens is 391 g/mol. The Morgan fingerprint density at radius 3 is 2.70 bits per heavy atom. The van der Waals surface area contributed by atoms with Crippen LogP contribution in [-0.2, 0) is 9.53 Å². The second kappa shape index (κ2) is 9.01. The van der Waals surface area contributed by atoms with Crippen LogP contribution in [0.15, 0.2) is 57.7 Å². The van der Waals surface area contributed by atoms with Crippen molar-refractivity contribution in [2.24, 2.45) is 0 Å². The number of para-hydroxylation sites is 1. The largest absolute Gasteiger partial charge is 0.450 e. The second-order valence-electron chi connectivity index (χ2n) is 6.46. The maximum absolute atomic E-state index is 14.1. The van der Waals surface area contributed by atoms with E-state index < -0.39 is 29.7 Å². The van der Waals surface area contributed by atoms with Gasteiger partial charge in [0.05, 0.1) is 23.6 Å². The molecule has 3 rings (SSSR count). The van der Waals surface area contributed by atoms with Crippen LogP contribution < -0.4 is 10.3 Å². The average Bonchev–Trinajstić information content (AvgIpc) is 2.73. The summed E-state index contributed by atoms with van der Waals surface area (Å²) in [5.41, 5.74) is 0.636. The Balaban J connectivity index is 1.77. The van der Waals surface area contributed by atoms with Crippen molar-refractivity contribution < 1.29 is 23.1 Å². The van der Waals surface area contributed by atoms with Gasteiger partial charge < -0.3 is 14.1 Å². The fraction of sp³-hybridized carbons (Fsp3) is 0.182. The van der Waals surface area contributed by atoms with E-state index >= 15 is 0 Å². The number of halogens is 1. The number of amides is 1. The minimum atomic E-state index is -1.00. The summed E-state index contributed by atoms with van der Waals surface area (Å²) in [4.78, 5) is 38.1. The molecule has 0 atom stereocenters. The molecule has 0 aliphatic heterocycles. The lowest BCUT2D eigenvalue weighted by Crippen LogP contribution is -2.36. The number of carbonyl (C=O) groups is 2. The van der Waals surface area contributed by atoms with E-state index in [9.17, 15) is 18.8 Å². The highest BCUT2D eigenvalue weighted by atomic mass is 19.1. The van der Waals surface area contributed by atoms with Crippen LogP contribution in [0, 0.1) is 24.1 Å². The standard InChI is InChI=1S/C22H17FN2O5/c1-14-7-8-19-15(11-14)18(26)12-20(30-19)22(28)29-13-21(27)25(10-4-9-24)17-6-3-2-5-16(17)23/h2-3,5-8,11-12H,4,10,13H2,1H3. The highest BCUT2D eigenvalue weighted by Gasteiger charge is 2.22. The molecular formula is C22H17FN2O5. The third-order valence-electron chi connectivity index (χ3n) is 4.30. The van der Waals surface area contributed by atoms with E-state index in [1.165, 1.54) is 18.2 Å². The van der Waals surface area contributed by atoms with Gasteiger partial charge in [-0.15, -0.1) is 0 Å². The van der Waals surface area contributed by atoms with E-state index in [1.807, 2.05) is 13.0 Å². The molecule has 0 radical (unpaired) electrons. The topological polar surface area (TPSA) is 101 Å². The minimum Gasteiger partial charge on any atom is -0.450 e. The first-order valence-corrected chi connectivity index (χ1v) is 9.04. The smallest absolute Gasteiger partial charge is 0.374 e. The molecule has 0 N–H and O–H groups in total. The molecule has 30 heavy (non-hydrogen) atoms. The molecule has 0 saturated heterocycles. The fourth-order valence-electron chi connectivity index (χ4n) is 2.86. The van der Waals surface area contributed by atoms with Gasteiger partial charge in [0, 0.05) is 12.6 Å². The van der Waals surface area contributed by atoms with Crippen LogP contribution in [0.5, 0.6) is 0 Å². The van der Waals surface area contributed by atoms with Crippen LogP contribution >= 0.6 is 0 Å². The molecule has 1 amide bonds. The maximum atomic E-state index is 14.1. The SMILES string of the molecule is Cc1ccc2oc(C(=O)OCC(=O)N(CCC#N)c3ccccc3F)cc(=O)c2c1. The van der Waals surface area contributed by atoms with Gasteiger partial charge in [0.1, 0.15) is 11.4 Å². The Kier molecular flexibility index (Phi) is 6.23. The van der Waals surface area contributed by atoms with Crippen molar-refractivity contribution in [1.29, 1.82) is 5.26 Å². The summed E-state index contributed by atoms with van der Waals surface area (Å²) in [7, 11) is 0. The van der Waals surface area contributed by atoms with Crippen molar-refractivity contribution in [1.82, 2.24) is 0 Å². The number of carbonyl (C=O) groups excluding carboxylic acids is 2. The predicted octanol–water partition coefficient (Wildman–Crippen LogP) is 3.34. The molecule has 0 aliphatic rings. The molecule has 2 aromatic carbocycles. The van der Waals surface area contributed by atoms with E-state index in [4.69, 9.17) is 14.4 Å². The van der Waals surface area contributed by atoms with Gasteiger partial charge in [-0.2, -0.15) is 5.26 Å². The predicted molar refractivity (Wildman–Crippen MR) is 106 cm³/mol. The van der Waals surface area contributed by atoms with Crippen molar-refractivity contribution >= 4 is 28.5 Å². The van der Waals surface area contributed by atoms with Crippen LogP contribution in [-0.4, -0.2) is 25.0 Å². The lowest BCUT2D eigenvalue weighted by molar-refractivity contribution is -0.121. The zero-order valence-electron chi connectivity index (χ0n) is 16.1. The number of ether oxygens (including phenoxy) is 1. The Hall–Kier alpha value is -3.99. The molecule has 0 bridgehead atoms. The number of rotatable bonds is 6. The Bertz CT molecular complexity index is 1210. The average molecular weight is 408 g/mol. The van der Waals surface area contributed by atoms with Crippen LogP contribution in [0.3, 0.4) is 0 Å². The third-order valence-corrected chi connectivity index (χ3v) is 4.30. The van der Waals surface area contributed by atoms with Crippen molar-refractivity contribution in [3.8, 4) is 6.07 Å². The summed E-state index contributed by atoms with van der Waals surface area (Å²) in [6.07, 6.45) is -0.0347. The van der Waals surface area contributed by atoms with Gasteiger partial charge in [-0.1, -0.05) is 23.8 Å². The Morgan fingerprint density at radius 2 is 1.97 bits per heavy atom. The summed E-state index contributed by atoms with van der Waals surface area (Å²) in [6, 6.07) is 13.4. The summed E-state index contributed by atoms with van der Waals surface area (Å²) in [6.45, 7) is 1.03. The third kappa shape index (κ3) is 4.52. The van der Waals surface area contributed by atoms with E-state index in [0.717, 1.165) is 16.5 Å². The number of benzene rings is 2. The summed E-state index contributed by atoms with van der Waals surface area (Å²) in [5, 5.41) is 9.12. The molecule has 0 saturated carbocycles. The van der Waals surface area contributed by atoms with Gasteiger partial charge >= 0.3 is 5.97 Å².